The van der Waals surface area contributed by atoms with Crippen LogP contribution in [0.5, 0.6) is 0 Å². The Morgan fingerprint density at radius 1 is 1.37 bits per heavy atom. The summed E-state index contributed by atoms with van der Waals surface area (Å²) in [6.45, 7) is 4.32. The highest BCUT2D eigenvalue weighted by Crippen LogP contribution is 2.17. The molecule has 0 spiro atoms. The van der Waals surface area contributed by atoms with Gasteiger partial charge in [-0.3, -0.25) is 9.89 Å². The van der Waals surface area contributed by atoms with Crippen LogP contribution in [0.25, 0.3) is 0 Å². The second kappa shape index (κ2) is 6.73. The van der Waals surface area contributed by atoms with E-state index in [1.54, 1.807) is 0 Å². The molecule has 1 aromatic heterocycles. The molecule has 1 saturated carbocycles. The highest BCUT2D eigenvalue weighted by molar-refractivity contribution is 5.92. The summed E-state index contributed by atoms with van der Waals surface area (Å²) in [5.41, 5.74) is 1.57. The fourth-order valence-corrected chi connectivity index (χ4v) is 2.71. The van der Waals surface area contributed by atoms with Gasteiger partial charge >= 0.3 is 0 Å². The summed E-state index contributed by atoms with van der Waals surface area (Å²) in [5, 5.41) is 10.2. The summed E-state index contributed by atoms with van der Waals surface area (Å²) in [7, 11) is 0. The minimum absolute atomic E-state index is 0.0295. The molecule has 1 aliphatic rings. The molecule has 2 N–H and O–H groups in total. The van der Waals surface area contributed by atoms with Gasteiger partial charge in [-0.15, -0.1) is 0 Å². The Labute approximate surface area is 115 Å². The number of amides is 1. The number of rotatable bonds is 4. The van der Waals surface area contributed by atoms with Crippen LogP contribution < -0.4 is 5.32 Å². The van der Waals surface area contributed by atoms with Gasteiger partial charge in [-0.2, -0.15) is 5.10 Å². The second-order valence-corrected chi connectivity index (χ2v) is 6.04. The van der Waals surface area contributed by atoms with Crippen molar-refractivity contribution in [2.75, 3.05) is 0 Å². The largest absolute Gasteiger partial charge is 0.348 e. The SMILES string of the molecule is CC(C)Cc1cc(C(=O)NC2CCCCCC2)n[nH]1. The van der Waals surface area contributed by atoms with Gasteiger partial charge in [0.15, 0.2) is 0 Å². The van der Waals surface area contributed by atoms with Gasteiger partial charge in [-0.25, -0.2) is 0 Å². The van der Waals surface area contributed by atoms with Gasteiger partial charge in [0.1, 0.15) is 5.69 Å². The maximum Gasteiger partial charge on any atom is 0.271 e. The Hall–Kier alpha value is -1.32. The molecule has 1 fully saturated rings. The van der Waals surface area contributed by atoms with E-state index in [0.29, 0.717) is 17.7 Å². The highest BCUT2D eigenvalue weighted by Gasteiger charge is 2.17. The average Bonchev–Trinajstić information content (AvgIpc) is 2.66. The van der Waals surface area contributed by atoms with Crippen LogP contribution in [0.4, 0.5) is 0 Å². The van der Waals surface area contributed by atoms with Crippen LogP contribution in [0.1, 0.15) is 68.6 Å². The summed E-state index contributed by atoms with van der Waals surface area (Å²) < 4.78 is 0. The van der Waals surface area contributed by atoms with E-state index in [-0.39, 0.29) is 5.91 Å². The van der Waals surface area contributed by atoms with Crippen LogP contribution in [0.15, 0.2) is 6.07 Å². The van der Waals surface area contributed by atoms with Crippen LogP contribution in [0.2, 0.25) is 0 Å². The Kier molecular flexibility index (Phi) is 5.00. The van der Waals surface area contributed by atoms with E-state index >= 15 is 0 Å². The first kappa shape index (κ1) is 14.1. The smallest absolute Gasteiger partial charge is 0.271 e. The highest BCUT2D eigenvalue weighted by atomic mass is 16.2. The van der Waals surface area contributed by atoms with Gasteiger partial charge in [-0.1, -0.05) is 39.5 Å². The molecule has 4 heteroatoms. The number of nitrogens with one attached hydrogen (secondary N) is 2. The number of nitrogens with zero attached hydrogens (tertiary/aromatic N) is 1. The summed E-state index contributed by atoms with van der Waals surface area (Å²) in [6.07, 6.45) is 8.20. The molecular weight excluding hydrogens is 238 g/mol. The van der Waals surface area contributed by atoms with Crippen LogP contribution in [-0.4, -0.2) is 22.1 Å². The van der Waals surface area contributed by atoms with Crippen molar-refractivity contribution < 1.29 is 4.79 Å². The molecule has 19 heavy (non-hydrogen) atoms. The van der Waals surface area contributed by atoms with Crippen LogP contribution in [-0.2, 0) is 6.42 Å². The van der Waals surface area contributed by atoms with E-state index in [1.807, 2.05) is 6.07 Å². The van der Waals surface area contributed by atoms with E-state index in [2.05, 4.69) is 29.4 Å². The third-order valence-corrected chi connectivity index (χ3v) is 3.68. The van der Waals surface area contributed by atoms with E-state index in [9.17, 15) is 4.79 Å². The lowest BCUT2D eigenvalue weighted by molar-refractivity contribution is 0.0928. The maximum atomic E-state index is 12.1. The molecule has 1 aliphatic carbocycles. The van der Waals surface area contributed by atoms with E-state index < -0.39 is 0 Å². The average molecular weight is 263 g/mol. The predicted molar refractivity (Wildman–Crippen MR) is 76.1 cm³/mol. The minimum atomic E-state index is -0.0295. The molecule has 0 aliphatic heterocycles. The maximum absolute atomic E-state index is 12.1. The predicted octanol–water partition coefficient (Wildman–Crippen LogP) is 3.06. The van der Waals surface area contributed by atoms with Gasteiger partial charge in [0.25, 0.3) is 5.91 Å². The second-order valence-electron chi connectivity index (χ2n) is 6.04. The number of aromatic nitrogens is 2. The molecule has 0 aromatic carbocycles. The van der Waals surface area contributed by atoms with Crippen molar-refractivity contribution in [2.45, 2.75) is 64.8 Å². The zero-order valence-corrected chi connectivity index (χ0v) is 12.0. The van der Waals surface area contributed by atoms with E-state index in [4.69, 9.17) is 0 Å². The molecule has 0 unspecified atom stereocenters. The first-order valence-corrected chi connectivity index (χ1v) is 7.50. The zero-order valence-electron chi connectivity index (χ0n) is 12.0. The Morgan fingerprint density at radius 3 is 2.68 bits per heavy atom. The molecule has 106 valence electrons. The lowest BCUT2D eigenvalue weighted by Gasteiger charge is -2.14. The number of carbonyl (C=O) groups is 1. The quantitative estimate of drug-likeness (QED) is 0.820. The van der Waals surface area contributed by atoms with Gasteiger partial charge in [0, 0.05) is 11.7 Å². The molecule has 1 heterocycles. The monoisotopic (exact) mass is 263 g/mol. The summed E-state index contributed by atoms with van der Waals surface area (Å²) in [5.74, 6) is 0.538. The van der Waals surface area contributed by atoms with Gasteiger partial charge in [-0.05, 0) is 31.2 Å². The van der Waals surface area contributed by atoms with Gasteiger partial charge < -0.3 is 5.32 Å². The number of hydrogen-bond donors (Lipinski definition) is 2. The summed E-state index contributed by atoms with van der Waals surface area (Å²) in [4.78, 5) is 12.1. The molecule has 0 bridgehead atoms. The third-order valence-electron chi connectivity index (χ3n) is 3.68. The van der Waals surface area contributed by atoms with E-state index in [1.165, 1.54) is 25.7 Å². The molecule has 0 atom stereocenters. The lowest BCUT2D eigenvalue weighted by Crippen LogP contribution is -2.34. The number of aromatic amines is 1. The van der Waals surface area contributed by atoms with Crippen molar-refractivity contribution in [3.05, 3.63) is 17.5 Å². The molecule has 0 saturated heterocycles. The Bertz CT molecular complexity index is 403. The zero-order chi connectivity index (χ0) is 13.7. The number of H-pyrrole nitrogens is 1. The summed E-state index contributed by atoms with van der Waals surface area (Å²) >= 11 is 0. The molecule has 2 rings (SSSR count). The number of hydrogen-bond acceptors (Lipinski definition) is 2. The van der Waals surface area contributed by atoms with Crippen molar-refractivity contribution in [1.29, 1.82) is 0 Å². The van der Waals surface area contributed by atoms with Gasteiger partial charge in [0.05, 0.1) is 0 Å². The standard InChI is InChI=1S/C15H25N3O/c1-11(2)9-13-10-14(18-17-13)15(19)16-12-7-5-3-4-6-8-12/h10-12H,3-9H2,1-2H3,(H,16,19)(H,17,18). The molecule has 1 amide bonds. The number of carbonyl (C=O) groups excluding carboxylic acids is 1. The lowest BCUT2D eigenvalue weighted by atomic mass is 10.1. The van der Waals surface area contributed by atoms with Gasteiger partial charge in [0.2, 0.25) is 0 Å². The van der Waals surface area contributed by atoms with Crippen molar-refractivity contribution in [1.82, 2.24) is 15.5 Å². The first-order chi connectivity index (χ1) is 9.15. The summed E-state index contributed by atoms with van der Waals surface area (Å²) in [6, 6.07) is 2.21. The normalized spacial score (nSPS) is 17.4. The van der Waals surface area contributed by atoms with Crippen molar-refractivity contribution in [3.63, 3.8) is 0 Å². The molecule has 4 nitrogen and oxygen atoms in total. The third kappa shape index (κ3) is 4.37. The fraction of sp³-hybridized carbons (Fsp3) is 0.733. The molecular formula is C15H25N3O. The molecule has 1 aromatic rings. The molecule has 0 radical (unpaired) electrons. The Morgan fingerprint density at radius 2 is 2.05 bits per heavy atom. The van der Waals surface area contributed by atoms with Crippen molar-refractivity contribution in [2.24, 2.45) is 5.92 Å². The fourth-order valence-electron chi connectivity index (χ4n) is 2.71. The minimum Gasteiger partial charge on any atom is -0.348 e. The van der Waals surface area contributed by atoms with Crippen LogP contribution in [0.3, 0.4) is 0 Å². The van der Waals surface area contributed by atoms with Crippen molar-refractivity contribution in [3.8, 4) is 0 Å². The topological polar surface area (TPSA) is 57.8 Å². The Balaban J connectivity index is 1.89. The first-order valence-electron chi connectivity index (χ1n) is 7.50. The van der Waals surface area contributed by atoms with Crippen LogP contribution in [0, 0.1) is 5.92 Å². The van der Waals surface area contributed by atoms with E-state index in [0.717, 1.165) is 25.0 Å². The van der Waals surface area contributed by atoms with Crippen molar-refractivity contribution >= 4 is 5.91 Å². The van der Waals surface area contributed by atoms with Crippen LogP contribution >= 0.6 is 0 Å².